The molecule has 0 aliphatic rings. The molecule has 4 nitrogen and oxygen atoms in total. The van der Waals surface area contributed by atoms with Gasteiger partial charge in [-0.25, -0.2) is 4.79 Å². The van der Waals surface area contributed by atoms with Crippen LogP contribution >= 0.6 is 0 Å². The van der Waals surface area contributed by atoms with Crippen LogP contribution in [-0.2, 0) is 16.6 Å². The van der Waals surface area contributed by atoms with Crippen LogP contribution < -0.4 is 5.73 Å². The summed E-state index contributed by atoms with van der Waals surface area (Å²) in [5, 5.41) is 0. The zero-order valence-corrected chi connectivity index (χ0v) is 7.15. The van der Waals surface area contributed by atoms with Gasteiger partial charge in [-0.3, -0.25) is 0 Å². The Hall–Kier alpha value is -1.29. The van der Waals surface area contributed by atoms with Crippen molar-refractivity contribution < 1.29 is 9.53 Å². The van der Waals surface area contributed by atoms with Gasteiger partial charge in [0.25, 0.3) is 0 Å². The third-order valence-electron chi connectivity index (χ3n) is 1.76. The molecule has 1 aromatic rings. The highest BCUT2D eigenvalue weighted by molar-refractivity contribution is 5.76. The number of methoxy groups -OCH3 is 1. The highest BCUT2D eigenvalue weighted by Gasteiger charge is 2.17. The van der Waals surface area contributed by atoms with Crippen molar-refractivity contribution in [1.29, 1.82) is 0 Å². The van der Waals surface area contributed by atoms with Crippen molar-refractivity contribution >= 4 is 5.97 Å². The number of carbonyl (C=O) groups is 1. The summed E-state index contributed by atoms with van der Waals surface area (Å²) < 4.78 is 6.31. The summed E-state index contributed by atoms with van der Waals surface area (Å²) in [4.78, 5) is 11.0. The maximum atomic E-state index is 11.0. The zero-order valence-electron chi connectivity index (χ0n) is 7.15. The van der Waals surface area contributed by atoms with Crippen molar-refractivity contribution in [3.05, 3.63) is 24.0 Å². The molecule has 0 amide bonds. The Bertz CT molecular complexity index is 280. The molecule has 66 valence electrons. The topological polar surface area (TPSA) is 57.2 Å². The van der Waals surface area contributed by atoms with Gasteiger partial charge in [0.15, 0.2) is 0 Å². The van der Waals surface area contributed by atoms with Crippen LogP contribution in [0.4, 0.5) is 0 Å². The Morgan fingerprint density at radius 1 is 1.75 bits per heavy atom. The number of nitrogens with zero attached hydrogens (tertiary/aromatic N) is 1. The standard InChI is InChI=1S/C8H12N2O2/c1-10-5-3-4-6(10)7(9)8(11)12-2/h3-5,7H,9H2,1-2H3/t7-/m0/s1. The minimum Gasteiger partial charge on any atom is -0.468 e. The molecule has 0 aliphatic heterocycles. The van der Waals surface area contributed by atoms with Gasteiger partial charge < -0.3 is 15.0 Å². The third kappa shape index (κ3) is 1.48. The first kappa shape index (κ1) is 8.80. The molecule has 2 N–H and O–H groups in total. The molecule has 0 bridgehead atoms. The molecule has 0 saturated heterocycles. The van der Waals surface area contributed by atoms with Gasteiger partial charge >= 0.3 is 5.97 Å². The number of rotatable bonds is 2. The molecular formula is C8H12N2O2. The maximum absolute atomic E-state index is 11.0. The third-order valence-corrected chi connectivity index (χ3v) is 1.76. The summed E-state index contributed by atoms with van der Waals surface area (Å²) in [7, 11) is 3.16. The summed E-state index contributed by atoms with van der Waals surface area (Å²) in [6, 6.07) is 2.94. The number of carbonyl (C=O) groups excluding carboxylic acids is 1. The molecule has 0 radical (unpaired) electrons. The van der Waals surface area contributed by atoms with Crippen molar-refractivity contribution in [3.63, 3.8) is 0 Å². The first-order valence-corrected chi connectivity index (χ1v) is 3.61. The van der Waals surface area contributed by atoms with E-state index in [0.717, 1.165) is 5.69 Å². The molecule has 12 heavy (non-hydrogen) atoms. The fraction of sp³-hybridized carbons (Fsp3) is 0.375. The summed E-state index contributed by atoms with van der Waals surface area (Å²) in [6.07, 6.45) is 1.83. The second-order valence-corrected chi connectivity index (χ2v) is 2.54. The van der Waals surface area contributed by atoms with Crippen LogP contribution in [0.1, 0.15) is 11.7 Å². The minimum atomic E-state index is -0.685. The van der Waals surface area contributed by atoms with Crippen LogP contribution in [0, 0.1) is 0 Å². The van der Waals surface area contributed by atoms with E-state index in [1.54, 1.807) is 10.6 Å². The van der Waals surface area contributed by atoms with Gasteiger partial charge in [-0.15, -0.1) is 0 Å². The molecule has 4 heteroatoms. The monoisotopic (exact) mass is 168 g/mol. The van der Waals surface area contributed by atoms with Gasteiger partial charge in [0.05, 0.1) is 7.11 Å². The van der Waals surface area contributed by atoms with Crippen LogP contribution in [0.25, 0.3) is 0 Å². The van der Waals surface area contributed by atoms with E-state index in [0.29, 0.717) is 0 Å². The Labute approximate surface area is 70.9 Å². The van der Waals surface area contributed by atoms with E-state index in [2.05, 4.69) is 4.74 Å². The number of nitrogens with two attached hydrogens (primary N) is 1. The number of aromatic nitrogens is 1. The Kier molecular flexibility index (Phi) is 2.50. The van der Waals surface area contributed by atoms with Crippen molar-refractivity contribution in [2.24, 2.45) is 12.8 Å². The van der Waals surface area contributed by atoms with Crippen molar-refractivity contribution in [2.75, 3.05) is 7.11 Å². The number of esters is 1. The fourth-order valence-electron chi connectivity index (χ4n) is 1.05. The van der Waals surface area contributed by atoms with Gasteiger partial charge in [0.1, 0.15) is 6.04 Å². The number of aryl methyl sites for hydroxylation is 1. The predicted octanol–water partition coefficient (Wildman–Crippen LogP) is 0.198. The smallest absolute Gasteiger partial charge is 0.328 e. The summed E-state index contributed by atoms with van der Waals surface area (Å²) >= 11 is 0. The lowest BCUT2D eigenvalue weighted by molar-refractivity contribution is -0.142. The van der Waals surface area contributed by atoms with Crippen LogP contribution in [0.3, 0.4) is 0 Å². The number of hydrogen-bond acceptors (Lipinski definition) is 3. The van der Waals surface area contributed by atoms with Crippen molar-refractivity contribution in [1.82, 2.24) is 4.57 Å². The van der Waals surface area contributed by atoms with E-state index in [9.17, 15) is 4.79 Å². The highest BCUT2D eigenvalue weighted by Crippen LogP contribution is 2.10. The van der Waals surface area contributed by atoms with Crippen LogP contribution in [-0.4, -0.2) is 17.6 Å². The van der Waals surface area contributed by atoms with Crippen molar-refractivity contribution in [2.45, 2.75) is 6.04 Å². The van der Waals surface area contributed by atoms with E-state index in [4.69, 9.17) is 5.73 Å². The second-order valence-electron chi connectivity index (χ2n) is 2.54. The predicted molar refractivity (Wildman–Crippen MR) is 44.4 cm³/mol. The Morgan fingerprint density at radius 2 is 2.42 bits per heavy atom. The average Bonchev–Trinajstić information content (AvgIpc) is 2.48. The first-order valence-electron chi connectivity index (χ1n) is 3.61. The molecule has 0 aromatic carbocycles. The number of hydrogen-bond donors (Lipinski definition) is 1. The molecule has 1 heterocycles. The SMILES string of the molecule is COC(=O)[C@@H](N)c1cccn1C. The molecule has 0 spiro atoms. The highest BCUT2D eigenvalue weighted by atomic mass is 16.5. The molecule has 1 rings (SSSR count). The normalized spacial score (nSPS) is 12.6. The fourth-order valence-corrected chi connectivity index (χ4v) is 1.05. The van der Waals surface area contributed by atoms with Gasteiger partial charge in [0, 0.05) is 18.9 Å². The largest absolute Gasteiger partial charge is 0.468 e. The zero-order chi connectivity index (χ0) is 9.14. The van der Waals surface area contributed by atoms with E-state index in [1.807, 2.05) is 19.3 Å². The minimum absolute atomic E-state index is 0.420. The van der Waals surface area contributed by atoms with E-state index in [-0.39, 0.29) is 0 Å². The quantitative estimate of drug-likeness (QED) is 0.642. The summed E-state index contributed by atoms with van der Waals surface area (Å²) in [6.45, 7) is 0. The average molecular weight is 168 g/mol. The molecule has 0 unspecified atom stereocenters. The van der Waals surface area contributed by atoms with Crippen molar-refractivity contribution in [3.8, 4) is 0 Å². The van der Waals surface area contributed by atoms with Gasteiger partial charge in [-0.05, 0) is 12.1 Å². The molecule has 1 atom stereocenters. The van der Waals surface area contributed by atoms with Gasteiger partial charge in [-0.1, -0.05) is 0 Å². The van der Waals surface area contributed by atoms with Gasteiger partial charge in [0.2, 0.25) is 0 Å². The lowest BCUT2D eigenvalue weighted by Crippen LogP contribution is -2.24. The Balaban J connectivity index is 2.84. The molecule has 0 fully saturated rings. The summed E-state index contributed by atoms with van der Waals surface area (Å²) in [5.74, 6) is -0.420. The van der Waals surface area contributed by atoms with E-state index < -0.39 is 12.0 Å². The first-order chi connectivity index (χ1) is 5.66. The lowest BCUT2D eigenvalue weighted by atomic mass is 10.2. The lowest BCUT2D eigenvalue weighted by Gasteiger charge is -2.09. The van der Waals surface area contributed by atoms with Crippen LogP contribution in [0.5, 0.6) is 0 Å². The summed E-state index contributed by atoms with van der Waals surface area (Å²) in [5.41, 5.74) is 6.35. The van der Waals surface area contributed by atoms with E-state index >= 15 is 0 Å². The number of ether oxygens (including phenoxy) is 1. The molecule has 0 saturated carbocycles. The molecule has 0 aliphatic carbocycles. The molecular weight excluding hydrogens is 156 g/mol. The second kappa shape index (κ2) is 3.40. The van der Waals surface area contributed by atoms with Gasteiger partial charge in [-0.2, -0.15) is 0 Å². The van der Waals surface area contributed by atoms with Crippen LogP contribution in [0.2, 0.25) is 0 Å². The van der Waals surface area contributed by atoms with E-state index in [1.165, 1.54) is 7.11 Å². The van der Waals surface area contributed by atoms with Crippen LogP contribution in [0.15, 0.2) is 18.3 Å². The molecule has 1 aromatic heterocycles. The Morgan fingerprint density at radius 3 is 2.83 bits per heavy atom. The maximum Gasteiger partial charge on any atom is 0.328 e.